The Morgan fingerprint density at radius 3 is 2.48 bits per heavy atom. The SMILES string of the molecule is CNS(=O)(=O)NCCCC[C@H](NC(=O)OCc1ccccc1)C(=O)O. The van der Waals surface area contributed by atoms with E-state index in [1.165, 1.54) is 7.05 Å². The molecule has 0 bridgehead atoms. The first kappa shape index (κ1) is 20.9. The van der Waals surface area contributed by atoms with Crippen LogP contribution in [0.1, 0.15) is 24.8 Å². The molecule has 1 aromatic carbocycles. The zero-order valence-corrected chi connectivity index (χ0v) is 14.7. The molecule has 1 amide bonds. The van der Waals surface area contributed by atoms with Gasteiger partial charge in [-0.1, -0.05) is 30.3 Å². The Kier molecular flexibility index (Phi) is 8.89. The van der Waals surface area contributed by atoms with E-state index in [1.54, 1.807) is 24.3 Å². The number of aliphatic carboxylic acids is 1. The van der Waals surface area contributed by atoms with Crippen LogP contribution < -0.4 is 14.8 Å². The highest BCUT2D eigenvalue weighted by molar-refractivity contribution is 7.87. The first-order valence-electron chi connectivity index (χ1n) is 7.72. The molecule has 0 aliphatic rings. The number of carbonyl (C=O) groups is 2. The van der Waals surface area contributed by atoms with E-state index in [2.05, 4.69) is 14.8 Å². The van der Waals surface area contributed by atoms with Gasteiger partial charge in [-0.3, -0.25) is 0 Å². The normalized spacial score (nSPS) is 12.4. The number of hydrogen-bond donors (Lipinski definition) is 4. The quantitative estimate of drug-likeness (QED) is 0.420. The molecule has 1 aromatic rings. The van der Waals surface area contributed by atoms with Crippen LogP contribution >= 0.6 is 0 Å². The van der Waals surface area contributed by atoms with Crippen LogP contribution in [0.5, 0.6) is 0 Å². The molecule has 0 spiro atoms. The number of nitrogens with one attached hydrogen (secondary N) is 3. The van der Waals surface area contributed by atoms with Gasteiger partial charge in [-0.25, -0.2) is 19.0 Å². The van der Waals surface area contributed by atoms with Gasteiger partial charge in [0, 0.05) is 13.6 Å². The summed E-state index contributed by atoms with van der Waals surface area (Å²) in [7, 11) is -2.21. The van der Waals surface area contributed by atoms with Crippen molar-refractivity contribution in [3.63, 3.8) is 0 Å². The van der Waals surface area contributed by atoms with Crippen molar-refractivity contribution in [3.8, 4) is 0 Å². The molecule has 0 fully saturated rings. The maximum absolute atomic E-state index is 11.7. The second-order valence-corrected chi connectivity index (χ2v) is 6.90. The van der Waals surface area contributed by atoms with E-state index in [0.29, 0.717) is 12.8 Å². The lowest BCUT2D eigenvalue weighted by atomic mass is 10.1. The largest absolute Gasteiger partial charge is 0.480 e. The molecule has 0 aromatic heterocycles. The molecule has 25 heavy (non-hydrogen) atoms. The van der Waals surface area contributed by atoms with Crippen LogP contribution in [-0.4, -0.2) is 45.2 Å². The van der Waals surface area contributed by atoms with E-state index in [-0.39, 0.29) is 19.6 Å². The highest BCUT2D eigenvalue weighted by Crippen LogP contribution is 2.04. The molecular formula is C15H23N3O6S. The fourth-order valence-corrected chi connectivity index (χ4v) is 2.47. The van der Waals surface area contributed by atoms with Crippen LogP contribution in [0.15, 0.2) is 30.3 Å². The summed E-state index contributed by atoms with van der Waals surface area (Å²) in [5, 5.41) is 11.4. The van der Waals surface area contributed by atoms with E-state index in [1.807, 2.05) is 6.07 Å². The standard InChI is InChI=1S/C15H23N3O6S/c1-16-25(22,23)17-10-6-5-9-13(14(19)20)18-15(21)24-11-12-7-3-2-4-8-12/h2-4,7-8,13,16-17H,5-6,9-11H2,1H3,(H,18,21)(H,19,20)/t13-/m0/s1. The average molecular weight is 373 g/mol. The summed E-state index contributed by atoms with van der Waals surface area (Å²) in [6.45, 7) is 0.221. The number of amides is 1. The number of benzene rings is 1. The number of hydrogen-bond acceptors (Lipinski definition) is 5. The molecular weight excluding hydrogens is 350 g/mol. The second kappa shape index (κ2) is 10.6. The molecule has 140 valence electrons. The third kappa shape index (κ3) is 9.03. The molecule has 0 unspecified atom stereocenters. The summed E-state index contributed by atoms with van der Waals surface area (Å²) < 4.78 is 31.7. The van der Waals surface area contributed by atoms with Crippen molar-refractivity contribution in [1.82, 2.24) is 14.8 Å². The van der Waals surface area contributed by atoms with Crippen molar-refractivity contribution in [3.05, 3.63) is 35.9 Å². The highest BCUT2D eigenvalue weighted by atomic mass is 32.2. The average Bonchev–Trinajstić information content (AvgIpc) is 2.59. The van der Waals surface area contributed by atoms with Crippen LogP contribution in [0.25, 0.3) is 0 Å². The van der Waals surface area contributed by atoms with Crippen molar-refractivity contribution in [2.24, 2.45) is 0 Å². The number of carboxylic acid groups (broad SMARTS) is 1. The smallest absolute Gasteiger partial charge is 0.408 e. The first-order chi connectivity index (χ1) is 11.8. The van der Waals surface area contributed by atoms with Gasteiger partial charge in [0.25, 0.3) is 10.2 Å². The summed E-state index contributed by atoms with van der Waals surface area (Å²) in [6, 6.07) is 7.92. The predicted molar refractivity (Wildman–Crippen MR) is 91.0 cm³/mol. The third-order valence-electron chi connectivity index (χ3n) is 3.28. The van der Waals surface area contributed by atoms with E-state index < -0.39 is 28.3 Å². The van der Waals surface area contributed by atoms with Crippen molar-refractivity contribution in [1.29, 1.82) is 0 Å². The number of alkyl carbamates (subject to hydrolysis) is 1. The Hall–Kier alpha value is -2.17. The lowest BCUT2D eigenvalue weighted by molar-refractivity contribution is -0.139. The molecule has 0 aliphatic heterocycles. The van der Waals surface area contributed by atoms with Gasteiger partial charge in [0.1, 0.15) is 12.6 Å². The maximum Gasteiger partial charge on any atom is 0.408 e. The van der Waals surface area contributed by atoms with Crippen LogP contribution in [0.2, 0.25) is 0 Å². The molecule has 10 heteroatoms. The predicted octanol–water partition coefficient (Wildman–Crippen LogP) is 0.590. The van der Waals surface area contributed by atoms with E-state index in [0.717, 1.165) is 5.56 Å². The third-order valence-corrected chi connectivity index (χ3v) is 4.40. The molecule has 4 N–H and O–H groups in total. The molecule has 0 radical (unpaired) electrons. The Labute approximate surface area is 146 Å². The fraction of sp³-hybridized carbons (Fsp3) is 0.467. The molecule has 0 saturated carbocycles. The van der Waals surface area contributed by atoms with E-state index in [9.17, 15) is 18.0 Å². The molecule has 0 heterocycles. The Morgan fingerprint density at radius 1 is 1.20 bits per heavy atom. The number of ether oxygens (including phenoxy) is 1. The van der Waals surface area contributed by atoms with Gasteiger partial charge in [0.2, 0.25) is 0 Å². The topological polar surface area (TPSA) is 134 Å². The van der Waals surface area contributed by atoms with Gasteiger partial charge < -0.3 is 15.2 Å². The molecule has 1 rings (SSSR count). The highest BCUT2D eigenvalue weighted by Gasteiger charge is 2.20. The second-order valence-electron chi connectivity index (χ2n) is 5.19. The number of rotatable bonds is 11. The van der Waals surface area contributed by atoms with Gasteiger partial charge in [-0.15, -0.1) is 0 Å². The van der Waals surface area contributed by atoms with Crippen molar-refractivity contribution in [2.45, 2.75) is 31.9 Å². The summed E-state index contributed by atoms with van der Waals surface area (Å²) in [5.74, 6) is -1.17. The molecule has 0 aliphatic carbocycles. The molecule has 9 nitrogen and oxygen atoms in total. The summed E-state index contributed by atoms with van der Waals surface area (Å²) >= 11 is 0. The van der Waals surface area contributed by atoms with Crippen molar-refractivity contribution >= 4 is 22.3 Å². The Balaban J connectivity index is 2.31. The minimum absolute atomic E-state index is 0.0464. The summed E-state index contributed by atoms with van der Waals surface area (Å²) in [5.41, 5.74) is 0.793. The zero-order chi connectivity index (χ0) is 18.7. The molecule has 1 atom stereocenters. The summed E-state index contributed by atoms with van der Waals surface area (Å²) in [6.07, 6.45) is 0.206. The van der Waals surface area contributed by atoms with Gasteiger partial charge in [0.15, 0.2) is 0 Å². The van der Waals surface area contributed by atoms with Crippen LogP contribution in [0, 0.1) is 0 Å². The monoisotopic (exact) mass is 373 g/mol. The van der Waals surface area contributed by atoms with Crippen LogP contribution in [0.3, 0.4) is 0 Å². The number of carbonyl (C=O) groups excluding carboxylic acids is 1. The number of carboxylic acids is 1. The summed E-state index contributed by atoms with van der Waals surface area (Å²) in [4.78, 5) is 22.9. The van der Waals surface area contributed by atoms with E-state index in [4.69, 9.17) is 9.84 Å². The van der Waals surface area contributed by atoms with Gasteiger partial charge in [-0.2, -0.15) is 8.42 Å². The van der Waals surface area contributed by atoms with Crippen molar-refractivity contribution in [2.75, 3.05) is 13.6 Å². The Bertz CT molecular complexity index is 650. The first-order valence-corrected chi connectivity index (χ1v) is 9.20. The van der Waals surface area contributed by atoms with Crippen molar-refractivity contribution < 1.29 is 27.9 Å². The van der Waals surface area contributed by atoms with Gasteiger partial charge in [-0.05, 0) is 24.8 Å². The van der Waals surface area contributed by atoms with Gasteiger partial charge >= 0.3 is 12.1 Å². The van der Waals surface area contributed by atoms with Gasteiger partial charge in [0.05, 0.1) is 0 Å². The lowest BCUT2D eigenvalue weighted by Gasteiger charge is -2.14. The number of unbranched alkanes of at least 4 members (excludes halogenated alkanes) is 1. The maximum atomic E-state index is 11.7. The fourth-order valence-electron chi connectivity index (χ4n) is 1.92. The minimum atomic E-state index is -3.50. The Morgan fingerprint density at radius 2 is 1.88 bits per heavy atom. The lowest BCUT2D eigenvalue weighted by Crippen LogP contribution is -2.41. The van der Waals surface area contributed by atoms with E-state index >= 15 is 0 Å². The zero-order valence-electron chi connectivity index (χ0n) is 13.9. The molecule has 0 saturated heterocycles. The van der Waals surface area contributed by atoms with Crippen LogP contribution in [-0.2, 0) is 26.3 Å². The minimum Gasteiger partial charge on any atom is -0.480 e. The van der Waals surface area contributed by atoms with Crippen LogP contribution in [0.4, 0.5) is 4.79 Å².